The van der Waals surface area contributed by atoms with E-state index in [1.807, 2.05) is 0 Å². The van der Waals surface area contributed by atoms with Gasteiger partial charge in [-0.05, 0) is 57.4 Å². The van der Waals surface area contributed by atoms with Crippen molar-refractivity contribution in [3.8, 4) is 12.3 Å². The van der Waals surface area contributed by atoms with E-state index < -0.39 is 17.6 Å². The number of carbonyl (C=O) groups is 3. The normalized spacial score (nSPS) is 31.4. The quantitative estimate of drug-likeness (QED) is 0.544. The van der Waals surface area contributed by atoms with Crippen molar-refractivity contribution in [2.24, 2.45) is 11.8 Å². The van der Waals surface area contributed by atoms with E-state index >= 15 is 0 Å². The number of hydrogen-bond acceptors (Lipinski definition) is 4. The average molecular weight is 401 g/mol. The van der Waals surface area contributed by atoms with Crippen molar-refractivity contribution in [1.29, 1.82) is 0 Å². The Kier molecular flexibility index (Phi) is 5.82. The Morgan fingerprint density at radius 1 is 1.21 bits per heavy atom. The first-order valence-electron chi connectivity index (χ1n) is 11.1. The first-order valence-corrected chi connectivity index (χ1v) is 11.1. The average Bonchev–Trinajstić information content (AvgIpc) is 3.40. The Bertz CT molecular complexity index is 705. The van der Waals surface area contributed by atoms with Gasteiger partial charge in [-0.2, -0.15) is 0 Å². The first kappa shape index (κ1) is 20.2. The van der Waals surface area contributed by atoms with Crippen LogP contribution in [0.2, 0.25) is 0 Å². The lowest BCUT2D eigenvalue weighted by molar-refractivity contribution is -0.142. The number of terminal acetylenes is 1. The number of carbonyl (C=O) groups excluding carboxylic acids is 3. The molecule has 0 radical (unpaired) electrons. The fourth-order valence-electron chi connectivity index (χ4n) is 5.09. The van der Waals surface area contributed by atoms with E-state index in [9.17, 15) is 14.4 Å². The molecule has 7 nitrogen and oxygen atoms in total. The van der Waals surface area contributed by atoms with Gasteiger partial charge in [0.25, 0.3) is 0 Å². The SMILES string of the molecule is C#CC(CC1CCNC1=O)NC(=O)C(CC1CC1)N1CCC2(CCCCN2)C1=O. The van der Waals surface area contributed by atoms with E-state index in [1.54, 1.807) is 4.90 Å². The van der Waals surface area contributed by atoms with Gasteiger partial charge in [0.15, 0.2) is 0 Å². The molecule has 4 aliphatic rings. The molecule has 3 aliphatic heterocycles. The van der Waals surface area contributed by atoms with E-state index in [4.69, 9.17) is 6.42 Å². The summed E-state index contributed by atoms with van der Waals surface area (Å²) >= 11 is 0. The van der Waals surface area contributed by atoms with E-state index in [1.165, 1.54) is 0 Å². The Morgan fingerprint density at radius 2 is 2.03 bits per heavy atom. The van der Waals surface area contributed by atoms with Crippen molar-refractivity contribution >= 4 is 17.7 Å². The fraction of sp³-hybridized carbons (Fsp3) is 0.773. The largest absolute Gasteiger partial charge is 0.356 e. The summed E-state index contributed by atoms with van der Waals surface area (Å²) in [5, 5.41) is 9.22. The minimum absolute atomic E-state index is 0.00839. The molecule has 0 aromatic carbocycles. The molecule has 1 saturated carbocycles. The maximum atomic E-state index is 13.3. The number of hydrogen-bond donors (Lipinski definition) is 3. The smallest absolute Gasteiger partial charge is 0.243 e. The van der Waals surface area contributed by atoms with Gasteiger partial charge >= 0.3 is 0 Å². The number of nitrogens with zero attached hydrogens (tertiary/aromatic N) is 1. The summed E-state index contributed by atoms with van der Waals surface area (Å²) in [6.45, 7) is 2.14. The minimum atomic E-state index is -0.488. The van der Waals surface area contributed by atoms with Crippen molar-refractivity contribution in [3.05, 3.63) is 0 Å². The molecular weight excluding hydrogens is 368 g/mol. The number of rotatable bonds is 7. The van der Waals surface area contributed by atoms with Gasteiger partial charge in [0, 0.05) is 19.0 Å². The highest BCUT2D eigenvalue weighted by atomic mass is 16.2. The standard InChI is InChI=1S/C22H32N4O3/c1-2-17(14-16-7-11-23-19(16)27)25-20(28)18(13-15-5-6-15)26-12-9-22(21(26)29)8-3-4-10-24-22/h1,15-18,24H,3-14H2,(H,23,27)(H,25,28). The van der Waals surface area contributed by atoms with Crippen LogP contribution < -0.4 is 16.0 Å². The zero-order chi connectivity index (χ0) is 20.4. The summed E-state index contributed by atoms with van der Waals surface area (Å²) in [5.74, 6) is 2.91. The van der Waals surface area contributed by atoms with Crippen LogP contribution in [0.5, 0.6) is 0 Å². The molecule has 4 unspecified atom stereocenters. The van der Waals surface area contributed by atoms with Gasteiger partial charge in [-0.3, -0.25) is 14.4 Å². The van der Waals surface area contributed by atoms with Gasteiger partial charge < -0.3 is 20.9 Å². The lowest BCUT2D eigenvalue weighted by atomic mass is 9.87. The van der Waals surface area contributed by atoms with Crippen LogP contribution in [-0.4, -0.2) is 59.9 Å². The highest BCUT2D eigenvalue weighted by Crippen LogP contribution is 2.38. The predicted molar refractivity (Wildman–Crippen MR) is 109 cm³/mol. The monoisotopic (exact) mass is 400 g/mol. The van der Waals surface area contributed by atoms with Gasteiger partial charge in [-0.15, -0.1) is 6.42 Å². The summed E-state index contributed by atoms with van der Waals surface area (Å²) in [7, 11) is 0. The summed E-state index contributed by atoms with van der Waals surface area (Å²) in [5.41, 5.74) is -0.478. The summed E-state index contributed by atoms with van der Waals surface area (Å²) in [6, 6.07) is -0.955. The molecule has 3 saturated heterocycles. The van der Waals surface area contributed by atoms with Crippen LogP contribution in [0.15, 0.2) is 0 Å². The molecule has 29 heavy (non-hydrogen) atoms. The lowest BCUT2D eigenvalue weighted by Gasteiger charge is -2.35. The molecule has 1 spiro atoms. The highest BCUT2D eigenvalue weighted by molar-refractivity contribution is 5.94. The van der Waals surface area contributed by atoms with Gasteiger partial charge in [0.1, 0.15) is 6.04 Å². The second-order valence-electron chi connectivity index (χ2n) is 9.15. The van der Waals surface area contributed by atoms with Gasteiger partial charge in [-0.25, -0.2) is 0 Å². The van der Waals surface area contributed by atoms with Crippen molar-refractivity contribution in [2.45, 2.75) is 75.4 Å². The third-order valence-electron chi connectivity index (χ3n) is 7.08. The first-order chi connectivity index (χ1) is 14.0. The van der Waals surface area contributed by atoms with Gasteiger partial charge in [-0.1, -0.05) is 18.8 Å². The molecule has 0 bridgehead atoms. The van der Waals surface area contributed by atoms with Crippen molar-refractivity contribution in [1.82, 2.24) is 20.9 Å². The third kappa shape index (κ3) is 4.28. The Morgan fingerprint density at radius 3 is 2.66 bits per heavy atom. The van der Waals surface area contributed by atoms with E-state index in [0.29, 0.717) is 31.8 Å². The van der Waals surface area contributed by atoms with Crippen LogP contribution >= 0.6 is 0 Å². The van der Waals surface area contributed by atoms with Gasteiger partial charge in [0.05, 0.1) is 11.6 Å². The van der Waals surface area contributed by atoms with Crippen LogP contribution in [0.4, 0.5) is 0 Å². The maximum Gasteiger partial charge on any atom is 0.243 e. The molecule has 4 atom stereocenters. The molecule has 4 fully saturated rings. The van der Waals surface area contributed by atoms with Crippen LogP contribution in [0.25, 0.3) is 0 Å². The highest BCUT2D eigenvalue weighted by Gasteiger charge is 2.50. The summed E-state index contributed by atoms with van der Waals surface area (Å²) in [4.78, 5) is 40.2. The van der Waals surface area contributed by atoms with E-state index in [0.717, 1.165) is 51.5 Å². The van der Waals surface area contributed by atoms with E-state index in [-0.39, 0.29) is 23.6 Å². The Balaban J connectivity index is 1.43. The van der Waals surface area contributed by atoms with Crippen molar-refractivity contribution in [2.75, 3.05) is 19.6 Å². The van der Waals surface area contributed by atoms with Crippen LogP contribution in [0.1, 0.15) is 57.8 Å². The van der Waals surface area contributed by atoms with Crippen LogP contribution in [-0.2, 0) is 14.4 Å². The second kappa shape index (κ2) is 8.35. The third-order valence-corrected chi connectivity index (χ3v) is 7.08. The number of nitrogens with one attached hydrogen (secondary N) is 3. The van der Waals surface area contributed by atoms with Crippen molar-refractivity contribution < 1.29 is 14.4 Å². The predicted octanol–water partition coefficient (Wildman–Crippen LogP) is 0.544. The van der Waals surface area contributed by atoms with E-state index in [2.05, 4.69) is 21.9 Å². The maximum absolute atomic E-state index is 13.3. The zero-order valence-corrected chi connectivity index (χ0v) is 17.0. The molecule has 4 rings (SSSR count). The molecule has 0 aromatic rings. The van der Waals surface area contributed by atoms with Crippen LogP contribution in [0, 0.1) is 24.2 Å². The van der Waals surface area contributed by atoms with Crippen molar-refractivity contribution in [3.63, 3.8) is 0 Å². The van der Waals surface area contributed by atoms with Gasteiger partial charge in [0.2, 0.25) is 17.7 Å². The molecule has 7 heteroatoms. The molecule has 3 N–H and O–H groups in total. The molecular formula is C22H32N4O3. The minimum Gasteiger partial charge on any atom is -0.356 e. The molecule has 0 aromatic heterocycles. The molecule has 3 amide bonds. The zero-order valence-electron chi connectivity index (χ0n) is 17.0. The molecule has 3 heterocycles. The lowest BCUT2D eigenvalue weighted by Crippen LogP contribution is -2.57. The molecule has 158 valence electrons. The Labute approximate surface area is 172 Å². The summed E-state index contributed by atoms with van der Waals surface area (Å²) < 4.78 is 0. The molecule has 1 aliphatic carbocycles. The number of likely N-dealkylation sites (tertiary alicyclic amines) is 1. The number of piperidine rings is 1. The summed E-state index contributed by atoms with van der Waals surface area (Å²) in [6.07, 6.45) is 13.6. The Hall–Kier alpha value is -2.07. The fourth-order valence-corrected chi connectivity index (χ4v) is 5.09. The van der Waals surface area contributed by atoms with Crippen LogP contribution in [0.3, 0.4) is 0 Å². The number of amides is 3. The second-order valence-corrected chi connectivity index (χ2v) is 9.15. The topological polar surface area (TPSA) is 90.5 Å².